The van der Waals surface area contributed by atoms with Crippen LogP contribution >= 0.6 is 0 Å². The fourth-order valence-corrected chi connectivity index (χ4v) is 4.16. The molecule has 3 heterocycles. The number of hydrogen-bond acceptors (Lipinski definition) is 5. The number of nitriles is 1. The highest BCUT2D eigenvalue weighted by Gasteiger charge is 2.24. The Labute approximate surface area is 181 Å². The SMILES string of the molecule is Cn1cc(C(=O)NC2CCN(CC(=O)c3cn(CCC#N)c4ccccc34)CC2)cn1. The average molecular weight is 419 g/mol. The Hall–Kier alpha value is -3.44. The maximum Gasteiger partial charge on any atom is 0.254 e. The second-order valence-corrected chi connectivity index (χ2v) is 8.01. The van der Waals surface area contributed by atoms with Crippen molar-refractivity contribution in [2.45, 2.75) is 31.8 Å². The van der Waals surface area contributed by atoms with Crippen molar-refractivity contribution >= 4 is 22.6 Å². The van der Waals surface area contributed by atoms with Gasteiger partial charge in [-0.15, -0.1) is 0 Å². The summed E-state index contributed by atoms with van der Waals surface area (Å²) in [5.41, 5.74) is 2.26. The third-order valence-corrected chi connectivity index (χ3v) is 5.81. The Bertz CT molecular complexity index is 1130. The van der Waals surface area contributed by atoms with Gasteiger partial charge in [0.15, 0.2) is 5.78 Å². The lowest BCUT2D eigenvalue weighted by Crippen LogP contribution is -2.45. The number of nitrogens with zero attached hydrogens (tertiary/aromatic N) is 5. The molecule has 1 fully saturated rings. The van der Waals surface area contributed by atoms with E-state index in [0.717, 1.165) is 36.8 Å². The lowest BCUT2D eigenvalue weighted by Gasteiger charge is -2.31. The summed E-state index contributed by atoms with van der Waals surface area (Å²) < 4.78 is 3.60. The lowest BCUT2D eigenvalue weighted by atomic mass is 10.0. The first kappa shape index (κ1) is 20.8. The number of fused-ring (bicyclic) bond motifs is 1. The highest BCUT2D eigenvalue weighted by molar-refractivity contribution is 6.09. The molecule has 31 heavy (non-hydrogen) atoms. The van der Waals surface area contributed by atoms with E-state index in [2.05, 4.69) is 21.4 Å². The Kier molecular flexibility index (Phi) is 6.14. The predicted molar refractivity (Wildman–Crippen MR) is 117 cm³/mol. The molecule has 0 saturated carbocycles. The van der Waals surface area contributed by atoms with E-state index in [1.54, 1.807) is 24.1 Å². The zero-order valence-corrected chi connectivity index (χ0v) is 17.6. The lowest BCUT2D eigenvalue weighted by molar-refractivity contribution is 0.0859. The molecule has 0 aliphatic carbocycles. The van der Waals surface area contributed by atoms with Gasteiger partial charge < -0.3 is 9.88 Å². The summed E-state index contributed by atoms with van der Waals surface area (Å²) in [6, 6.07) is 10.1. The summed E-state index contributed by atoms with van der Waals surface area (Å²) in [5.74, 6) is -0.0161. The van der Waals surface area contributed by atoms with Gasteiger partial charge in [0.1, 0.15) is 0 Å². The summed E-state index contributed by atoms with van der Waals surface area (Å²) in [6.45, 7) is 2.45. The van der Waals surface area contributed by atoms with Gasteiger partial charge in [0, 0.05) is 61.6 Å². The second-order valence-electron chi connectivity index (χ2n) is 8.01. The average Bonchev–Trinajstić information content (AvgIpc) is 3.37. The molecule has 1 N–H and O–H groups in total. The van der Waals surface area contributed by atoms with Crippen LogP contribution in [0, 0.1) is 11.3 Å². The van der Waals surface area contributed by atoms with E-state index in [0.29, 0.717) is 30.6 Å². The molecule has 0 atom stereocenters. The highest BCUT2D eigenvalue weighted by Crippen LogP contribution is 2.23. The Morgan fingerprint density at radius 2 is 2.00 bits per heavy atom. The molecule has 0 bridgehead atoms. The van der Waals surface area contributed by atoms with Crippen molar-refractivity contribution in [3.63, 3.8) is 0 Å². The molecule has 0 spiro atoms. The Balaban J connectivity index is 1.35. The van der Waals surface area contributed by atoms with Crippen LogP contribution in [0.2, 0.25) is 0 Å². The highest BCUT2D eigenvalue weighted by atomic mass is 16.1. The van der Waals surface area contributed by atoms with Crippen LogP contribution in [-0.2, 0) is 13.6 Å². The van der Waals surface area contributed by atoms with Crippen molar-refractivity contribution in [2.75, 3.05) is 19.6 Å². The molecule has 1 aliphatic heterocycles. The minimum Gasteiger partial charge on any atom is -0.349 e. The fraction of sp³-hybridized carbons (Fsp3) is 0.391. The summed E-state index contributed by atoms with van der Waals surface area (Å²) >= 11 is 0. The van der Waals surface area contributed by atoms with Crippen molar-refractivity contribution < 1.29 is 9.59 Å². The monoisotopic (exact) mass is 418 g/mol. The number of carbonyl (C=O) groups is 2. The zero-order chi connectivity index (χ0) is 21.8. The van der Waals surface area contributed by atoms with Gasteiger partial charge in [-0.1, -0.05) is 18.2 Å². The number of carbonyl (C=O) groups excluding carboxylic acids is 2. The first-order valence-corrected chi connectivity index (χ1v) is 10.5. The first-order valence-electron chi connectivity index (χ1n) is 10.5. The van der Waals surface area contributed by atoms with E-state index in [4.69, 9.17) is 5.26 Å². The van der Waals surface area contributed by atoms with Gasteiger partial charge in [-0.3, -0.25) is 19.2 Å². The number of aromatic nitrogens is 3. The number of aryl methyl sites for hydroxylation is 2. The summed E-state index contributed by atoms with van der Waals surface area (Å²) in [6.07, 6.45) is 7.18. The van der Waals surface area contributed by atoms with Crippen LogP contribution in [0.5, 0.6) is 0 Å². The van der Waals surface area contributed by atoms with Crippen LogP contribution in [0.25, 0.3) is 10.9 Å². The van der Waals surface area contributed by atoms with Crippen molar-refractivity contribution in [2.24, 2.45) is 7.05 Å². The van der Waals surface area contributed by atoms with Crippen molar-refractivity contribution in [3.05, 3.63) is 54.0 Å². The smallest absolute Gasteiger partial charge is 0.254 e. The van der Waals surface area contributed by atoms with Gasteiger partial charge in [-0.2, -0.15) is 10.4 Å². The number of likely N-dealkylation sites (tertiary alicyclic amines) is 1. The number of para-hydroxylation sites is 1. The number of piperidine rings is 1. The van der Waals surface area contributed by atoms with Gasteiger partial charge in [0.2, 0.25) is 0 Å². The van der Waals surface area contributed by atoms with Gasteiger partial charge in [0.05, 0.1) is 30.8 Å². The normalized spacial score (nSPS) is 15.1. The maximum absolute atomic E-state index is 13.1. The number of amides is 1. The first-order chi connectivity index (χ1) is 15.0. The van der Waals surface area contributed by atoms with Crippen molar-refractivity contribution in [3.8, 4) is 6.07 Å². The molecule has 1 aliphatic rings. The minimum absolute atomic E-state index is 0.0877. The van der Waals surface area contributed by atoms with Crippen molar-refractivity contribution in [1.29, 1.82) is 5.26 Å². The largest absolute Gasteiger partial charge is 0.349 e. The number of rotatable bonds is 7. The van der Waals surface area contributed by atoms with Gasteiger partial charge in [-0.05, 0) is 18.9 Å². The van der Waals surface area contributed by atoms with Crippen LogP contribution in [0.15, 0.2) is 42.9 Å². The maximum atomic E-state index is 13.1. The number of nitrogens with one attached hydrogen (secondary N) is 1. The van der Waals surface area contributed by atoms with E-state index in [9.17, 15) is 9.59 Å². The second kappa shape index (κ2) is 9.14. The molecule has 0 radical (unpaired) electrons. The Morgan fingerprint density at radius 3 is 2.71 bits per heavy atom. The van der Waals surface area contributed by atoms with Gasteiger partial charge >= 0.3 is 0 Å². The Morgan fingerprint density at radius 1 is 1.23 bits per heavy atom. The van der Waals surface area contributed by atoms with Crippen LogP contribution in [-0.4, -0.2) is 56.6 Å². The number of benzene rings is 1. The quantitative estimate of drug-likeness (QED) is 0.594. The molecule has 1 amide bonds. The molecule has 1 saturated heterocycles. The molecule has 160 valence electrons. The van der Waals surface area contributed by atoms with Gasteiger partial charge in [0.25, 0.3) is 5.91 Å². The third kappa shape index (κ3) is 4.67. The molecule has 8 nitrogen and oxygen atoms in total. The standard InChI is InChI=1S/C23H26N6O2/c1-27-14-17(13-25-27)23(31)26-18-7-11-28(12-8-18)16-22(30)20-15-29(10-4-9-24)21-6-3-2-5-19(20)21/h2-3,5-6,13-15,18H,4,7-8,10-12,16H2,1H3,(H,26,31). The van der Waals surface area contributed by atoms with E-state index >= 15 is 0 Å². The number of hydrogen-bond donors (Lipinski definition) is 1. The summed E-state index contributed by atoms with van der Waals surface area (Å²) in [5, 5.41) is 16.9. The van der Waals surface area contributed by atoms with E-state index in [1.807, 2.05) is 35.0 Å². The summed E-state index contributed by atoms with van der Waals surface area (Å²) in [7, 11) is 1.78. The van der Waals surface area contributed by atoms with E-state index < -0.39 is 0 Å². The number of ketones is 1. The minimum atomic E-state index is -0.104. The molecular weight excluding hydrogens is 392 g/mol. The zero-order valence-electron chi connectivity index (χ0n) is 17.6. The number of Topliss-reactive ketones (excluding diaryl/α,β-unsaturated/α-hetero) is 1. The van der Waals surface area contributed by atoms with Crippen LogP contribution in [0.3, 0.4) is 0 Å². The van der Waals surface area contributed by atoms with Crippen LogP contribution in [0.4, 0.5) is 0 Å². The van der Waals surface area contributed by atoms with E-state index in [-0.39, 0.29) is 17.7 Å². The predicted octanol–water partition coefficient (Wildman–Crippen LogP) is 2.37. The summed E-state index contributed by atoms with van der Waals surface area (Å²) in [4.78, 5) is 27.5. The van der Waals surface area contributed by atoms with Crippen molar-refractivity contribution in [1.82, 2.24) is 24.6 Å². The molecule has 4 rings (SSSR count). The van der Waals surface area contributed by atoms with Crippen LogP contribution in [0.1, 0.15) is 40.0 Å². The molecule has 3 aromatic rings. The topological polar surface area (TPSA) is 96.0 Å². The third-order valence-electron chi connectivity index (χ3n) is 5.81. The fourth-order valence-electron chi connectivity index (χ4n) is 4.16. The molecule has 8 heteroatoms. The molecule has 1 aromatic carbocycles. The molecule has 2 aromatic heterocycles. The molecular formula is C23H26N6O2. The van der Waals surface area contributed by atoms with E-state index in [1.165, 1.54) is 0 Å². The van der Waals surface area contributed by atoms with Crippen LogP contribution < -0.4 is 5.32 Å². The van der Waals surface area contributed by atoms with Gasteiger partial charge in [-0.25, -0.2) is 0 Å². The molecule has 0 unspecified atom stereocenters.